The normalized spacial score (nSPS) is 14.3. The smallest absolute Gasteiger partial charge is 0.253 e. The zero-order chi connectivity index (χ0) is 23.3. The number of anilines is 1. The number of aromatic nitrogens is 2. The van der Waals surface area contributed by atoms with Crippen LogP contribution in [0.25, 0.3) is 10.2 Å². The van der Waals surface area contributed by atoms with Gasteiger partial charge in [-0.25, -0.2) is 4.98 Å². The number of carbonyl (C=O) groups excluding carboxylic acids is 2. The van der Waals surface area contributed by atoms with E-state index in [9.17, 15) is 9.59 Å². The minimum Gasteiger partial charge on any atom is -0.339 e. The molecule has 1 aliphatic rings. The van der Waals surface area contributed by atoms with E-state index in [1.54, 1.807) is 29.3 Å². The standard InChI is InChI=1S/C26H24N4O2S2/c31-24(19-10-13-30(14-11-19)25(32)20-6-2-1-3-7-20)28-21-8-9-22-23(15-21)34-26(29-22)33-17-18-5-4-12-27-16-18/h1-9,12,15-16,19H,10-11,13-14,17H2,(H,28,31). The minimum absolute atomic E-state index is 0.0156. The molecule has 2 amide bonds. The molecule has 0 saturated carbocycles. The SMILES string of the molecule is O=C(Nc1ccc2nc(SCc3cccnc3)sc2c1)C1CCN(C(=O)c2ccccc2)CC1. The van der Waals surface area contributed by atoms with E-state index in [4.69, 9.17) is 4.98 Å². The topological polar surface area (TPSA) is 75.2 Å². The zero-order valence-corrected chi connectivity index (χ0v) is 20.1. The van der Waals surface area contributed by atoms with Crippen LogP contribution in [0.4, 0.5) is 5.69 Å². The fraction of sp³-hybridized carbons (Fsp3) is 0.231. The number of piperidine rings is 1. The summed E-state index contributed by atoms with van der Waals surface area (Å²) >= 11 is 3.32. The van der Waals surface area contributed by atoms with Gasteiger partial charge in [0.1, 0.15) is 0 Å². The summed E-state index contributed by atoms with van der Waals surface area (Å²) in [5.41, 5.74) is 3.58. The number of carbonyl (C=O) groups is 2. The Morgan fingerprint density at radius 3 is 2.65 bits per heavy atom. The molecule has 6 nitrogen and oxygen atoms in total. The number of rotatable bonds is 6. The lowest BCUT2D eigenvalue weighted by atomic mass is 9.95. The summed E-state index contributed by atoms with van der Waals surface area (Å²) in [6.45, 7) is 1.19. The number of thioether (sulfide) groups is 1. The highest BCUT2D eigenvalue weighted by Crippen LogP contribution is 2.33. The number of pyridine rings is 1. The average Bonchev–Trinajstić information content (AvgIpc) is 3.30. The maximum absolute atomic E-state index is 12.9. The molecule has 4 aromatic rings. The number of amides is 2. The number of nitrogens with zero attached hydrogens (tertiary/aromatic N) is 3. The Labute approximate surface area is 206 Å². The van der Waals surface area contributed by atoms with Gasteiger partial charge < -0.3 is 10.2 Å². The van der Waals surface area contributed by atoms with Crippen molar-refractivity contribution in [3.63, 3.8) is 0 Å². The van der Waals surface area contributed by atoms with Gasteiger partial charge in [0.2, 0.25) is 5.91 Å². The average molecular weight is 489 g/mol. The lowest BCUT2D eigenvalue weighted by Crippen LogP contribution is -2.41. The highest BCUT2D eigenvalue weighted by Gasteiger charge is 2.28. The lowest BCUT2D eigenvalue weighted by molar-refractivity contribution is -0.121. The maximum atomic E-state index is 12.9. The van der Waals surface area contributed by atoms with Crippen molar-refractivity contribution < 1.29 is 9.59 Å². The zero-order valence-electron chi connectivity index (χ0n) is 18.5. The molecule has 1 fully saturated rings. The largest absolute Gasteiger partial charge is 0.339 e. The van der Waals surface area contributed by atoms with Crippen molar-refractivity contribution in [2.45, 2.75) is 22.9 Å². The first-order valence-corrected chi connectivity index (χ1v) is 13.0. The van der Waals surface area contributed by atoms with E-state index in [1.165, 1.54) is 0 Å². The molecule has 0 spiro atoms. The van der Waals surface area contributed by atoms with Gasteiger partial charge in [-0.15, -0.1) is 11.3 Å². The number of hydrogen-bond donors (Lipinski definition) is 1. The van der Waals surface area contributed by atoms with Crippen molar-refractivity contribution in [3.05, 3.63) is 84.2 Å². The molecular formula is C26H24N4O2S2. The van der Waals surface area contributed by atoms with Crippen LogP contribution >= 0.6 is 23.1 Å². The molecule has 0 bridgehead atoms. The van der Waals surface area contributed by atoms with Crippen molar-refractivity contribution in [2.24, 2.45) is 5.92 Å². The van der Waals surface area contributed by atoms with Gasteiger partial charge in [-0.2, -0.15) is 0 Å². The first kappa shape index (κ1) is 22.6. The summed E-state index contributed by atoms with van der Waals surface area (Å²) in [7, 11) is 0. The molecule has 0 radical (unpaired) electrons. The summed E-state index contributed by atoms with van der Waals surface area (Å²) in [5.74, 6) is 0.777. The summed E-state index contributed by atoms with van der Waals surface area (Å²) in [6, 6.07) is 19.2. The van der Waals surface area contributed by atoms with Crippen LogP contribution in [-0.2, 0) is 10.5 Å². The summed E-state index contributed by atoms with van der Waals surface area (Å²) in [6.07, 6.45) is 4.98. The van der Waals surface area contributed by atoms with Crippen LogP contribution in [0, 0.1) is 5.92 Å². The van der Waals surface area contributed by atoms with Gasteiger partial charge in [0.05, 0.1) is 10.2 Å². The minimum atomic E-state index is -0.0948. The van der Waals surface area contributed by atoms with Gasteiger partial charge in [0, 0.05) is 48.4 Å². The molecule has 1 N–H and O–H groups in total. The Morgan fingerprint density at radius 2 is 1.88 bits per heavy atom. The molecule has 34 heavy (non-hydrogen) atoms. The highest BCUT2D eigenvalue weighted by molar-refractivity contribution is 8.00. The Kier molecular flexibility index (Phi) is 6.87. The van der Waals surface area contributed by atoms with E-state index in [0.29, 0.717) is 31.5 Å². The Bertz CT molecular complexity index is 1290. The monoisotopic (exact) mass is 488 g/mol. The van der Waals surface area contributed by atoms with Crippen LogP contribution in [0.1, 0.15) is 28.8 Å². The van der Waals surface area contributed by atoms with Crippen LogP contribution in [0.2, 0.25) is 0 Å². The van der Waals surface area contributed by atoms with Crippen molar-refractivity contribution in [2.75, 3.05) is 18.4 Å². The fourth-order valence-electron chi connectivity index (χ4n) is 4.02. The maximum Gasteiger partial charge on any atom is 0.253 e. The third-order valence-corrected chi connectivity index (χ3v) is 8.13. The quantitative estimate of drug-likeness (QED) is 0.364. The molecule has 1 aliphatic heterocycles. The second kappa shape index (κ2) is 10.4. The van der Waals surface area contributed by atoms with Crippen LogP contribution in [-0.4, -0.2) is 39.8 Å². The van der Waals surface area contributed by atoms with Crippen molar-refractivity contribution in [1.82, 2.24) is 14.9 Å². The van der Waals surface area contributed by atoms with Gasteiger partial charge in [-0.1, -0.05) is 36.0 Å². The number of thiazole rings is 1. The Morgan fingerprint density at radius 1 is 1.06 bits per heavy atom. The number of benzene rings is 2. The number of fused-ring (bicyclic) bond motifs is 1. The predicted octanol–water partition coefficient (Wildman–Crippen LogP) is 5.47. The fourth-order valence-corrected chi connectivity index (χ4v) is 6.07. The molecule has 2 aromatic carbocycles. The third kappa shape index (κ3) is 5.29. The third-order valence-electron chi connectivity index (χ3n) is 5.90. The molecule has 0 atom stereocenters. The molecule has 1 saturated heterocycles. The summed E-state index contributed by atoms with van der Waals surface area (Å²) in [4.78, 5) is 36.2. The second-order valence-electron chi connectivity index (χ2n) is 8.23. The van der Waals surface area contributed by atoms with E-state index in [2.05, 4.69) is 16.4 Å². The van der Waals surface area contributed by atoms with Gasteiger partial charge in [-0.3, -0.25) is 14.6 Å². The molecular weight excluding hydrogens is 464 g/mol. The van der Waals surface area contributed by atoms with Crippen LogP contribution in [0.15, 0.2) is 77.4 Å². The molecule has 3 heterocycles. The summed E-state index contributed by atoms with van der Waals surface area (Å²) in [5, 5.41) is 3.07. The van der Waals surface area contributed by atoms with Gasteiger partial charge in [0.15, 0.2) is 4.34 Å². The number of hydrogen-bond acceptors (Lipinski definition) is 6. The van der Waals surface area contributed by atoms with Crippen LogP contribution in [0.5, 0.6) is 0 Å². The lowest BCUT2D eigenvalue weighted by Gasteiger charge is -2.31. The van der Waals surface area contributed by atoms with E-state index < -0.39 is 0 Å². The molecule has 0 unspecified atom stereocenters. The molecule has 8 heteroatoms. The van der Waals surface area contributed by atoms with E-state index >= 15 is 0 Å². The van der Waals surface area contributed by atoms with Crippen molar-refractivity contribution in [3.8, 4) is 0 Å². The molecule has 0 aliphatic carbocycles. The van der Waals surface area contributed by atoms with E-state index in [-0.39, 0.29) is 17.7 Å². The number of likely N-dealkylation sites (tertiary alicyclic amines) is 1. The Hall–Kier alpha value is -3.23. The van der Waals surface area contributed by atoms with E-state index in [1.807, 2.05) is 65.7 Å². The van der Waals surface area contributed by atoms with Crippen LogP contribution in [0.3, 0.4) is 0 Å². The molecule has 172 valence electrons. The summed E-state index contributed by atoms with van der Waals surface area (Å²) < 4.78 is 2.05. The number of nitrogens with one attached hydrogen (secondary N) is 1. The van der Waals surface area contributed by atoms with Crippen molar-refractivity contribution >= 4 is 50.8 Å². The van der Waals surface area contributed by atoms with Gasteiger partial charge >= 0.3 is 0 Å². The highest BCUT2D eigenvalue weighted by atomic mass is 32.2. The first-order valence-electron chi connectivity index (χ1n) is 11.2. The Balaban J connectivity index is 1.16. The molecule has 2 aromatic heterocycles. The predicted molar refractivity (Wildman–Crippen MR) is 137 cm³/mol. The van der Waals surface area contributed by atoms with Crippen molar-refractivity contribution in [1.29, 1.82) is 0 Å². The van der Waals surface area contributed by atoms with Gasteiger partial charge in [-0.05, 0) is 54.8 Å². The second-order valence-corrected chi connectivity index (χ2v) is 10.5. The molecule has 5 rings (SSSR count). The van der Waals surface area contributed by atoms with E-state index in [0.717, 1.165) is 31.6 Å². The van der Waals surface area contributed by atoms with Crippen LogP contribution < -0.4 is 5.32 Å². The first-order chi connectivity index (χ1) is 16.7. The van der Waals surface area contributed by atoms with Gasteiger partial charge in [0.25, 0.3) is 5.91 Å².